The molecule has 0 spiro atoms. The first kappa shape index (κ1) is 9.21. The maximum atomic E-state index is 10.9. The molecule has 5 nitrogen and oxygen atoms in total. The van der Waals surface area contributed by atoms with Gasteiger partial charge in [-0.3, -0.25) is 4.79 Å². The number of H-pyrrole nitrogens is 1. The Morgan fingerprint density at radius 2 is 2.57 bits per heavy atom. The van der Waals surface area contributed by atoms with Crippen LogP contribution in [0, 0.1) is 0 Å². The van der Waals surface area contributed by atoms with E-state index in [0.717, 1.165) is 13.1 Å². The van der Waals surface area contributed by atoms with E-state index in [1.165, 1.54) is 25.2 Å². The first-order valence-corrected chi connectivity index (χ1v) is 4.86. The number of nitrogens with zero attached hydrogens (tertiary/aromatic N) is 1. The van der Waals surface area contributed by atoms with Crippen molar-refractivity contribution < 1.29 is 0 Å². The third-order valence-electron chi connectivity index (χ3n) is 2.37. The molecule has 1 aliphatic rings. The lowest BCUT2D eigenvalue weighted by molar-refractivity contribution is 0.632. The van der Waals surface area contributed by atoms with Gasteiger partial charge in [0, 0.05) is 18.7 Å². The van der Waals surface area contributed by atoms with Crippen LogP contribution in [0.3, 0.4) is 0 Å². The minimum absolute atomic E-state index is 0.123. The van der Waals surface area contributed by atoms with Gasteiger partial charge in [0.05, 0.1) is 6.33 Å². The van der Waals surface area contributed by atoms with Gasteiger partial charge in [0.1, 0.15) is 5.82 Å². The number of hydrogen-bond donors (Lipinski definition) is 3. The largest absolute Gasteiger partial charge is 0.368 e. The summed E-state index contributed by atoms with van der Waals surface area (Å²) in [6, 6.07) is 1.98. The highest BCUT2D eigenvalue weighted by Gasteiger charge is 2.13. The van der Waals surface area contributed by atoms with Crippen molar-refractivity contribution in [3.8, 4) is 0 Å². The summed E-state index contributed by atoms with van der Waals surface area (Å²) in [7, 11) is 0. The van der Waals surface area contributed by atoms with E-state index in [0.29, 0.717) is 11.9 Å². The molecule has 1 aromatic rings. The highest BCUT2D eigenvalue weighted by molar-refractivity contribution is 5.31. The zero-order valence-corrected chi connectivity index (χ0v) is 7.92. The van der Waals surface area contributed by atoms with Gasteiger partial charge in [0.25, 0.3) is 5.56 Å². The summed E-state index contributed by atoms with van der Waals surface area (Å²) in [5.41, 5.74) is -0.123. The first-order valence-electron chi connectivity index (χ1n) is 4.86. The highest BCUT2D eigenvalue weighted by atomic mass is 16.1. The lowest BCUT2D eigenvalue weighted by Crippen LogP contribution is -2.29. The highest BCUT2D eigenvalue weighted by Crippen LogP contribution is 2.05. The molecule has 14 heavy (non-hydrogen) atoms. The van der Waals surface area contributed by atoms with Gasteiger partial charge in [-0.15, -0.1) is 0 Å². The van der Waals surface area contributed by atoms with Gasteiger partial charge in [-0.05, 0) is 19.4 Å². The van der Waals surface area contributed by atoms with Crippen molar-refractivity contribution in [3.05, 3.63) is 22.7 Å². The van der Waals surface area contributed by atoms with Gasteiger partial charge < -0.3 is 15.6 Å². The van der Waals surface area contributed by atoms with Gasteiger partial charge in [-0.1, -0.05) is 0 Å². The lowest BCUT2D eigenvalue weighted by Gasteiger charge is -2.11. The molecule has 1 aromatic heterocycles. The Hall–Kier alpha value is -1.36. The van der Waals surface area contributed by atoms with Crippen LogP contribution in [0.5, 0.6) is 0 Å². The Morgan fingerprint density at radius 3 is 3.29 bits per heavy atom. The quantitative estimate of drug-likeness (QED) is 0.630. The maximum Gasteiger partial charge on any atom is 0.252 e. The number of aromatic amines is 1. The van der Waals surface area contributed by atoms with Crippen LogP contribution in [0.4, 0.5) is 5.82 Å². The van der Waals surface area contributed by atoms with Crippen molar-refractivity contribution in [2.75, 3.05) is 18.4 Å². The van der Waals surface area contributed by atoms with Crippen LogP contribution >= 0.6 is 0 Å². The Labute approximate surface area is 82.0 Å². The summed E-state index contributed by atoms with van der Waals surface area (Å²) in [6.45, 7) is 1.92. The van der Waals surface area contributed by atoms with Gasteiger partial charge in [-0.25, -0.2) is 4.98 Å². The summed E-state index contributed by atoms with van der Waals surface area (Å²) in [5, 5.41) is 6.50. The summed E-state index contributed by atoms with van der Waals surface area (Å²) in [6.07, 6.45) is 3.83. The van der Waals surface area contributed by atoms with Crippen LogP contribution in [0.2, 0.25) is 0 Å². The molecule has 1 saturated heterocycles. The standard InChI is InChI=1S/C9H14N4O/c14-9-4-8(12-6-13-9)11-5-7-2-1-3-10-7/h4,6-7,10H,1-3,5H2,(H2,11,12,13,14). The molecule has 3 N–H and O–H groups in total. The smallest absolute Gasteiger partial charge is 0.252 e. The van der Waals surface area contributed by atoms with E-state index in [2.05, 4.69) is 20.6 Å². The van der Waals surface area contributed by atoms with E-state index in [-0.39, 0.29) is 5.56 Å². The SMILES string of the molecule is O=c1cc(NCC2CCCN2)nc[nH]1. The van der Waals surface area contributed by atoms with E-state index >= 15 is 0 Å². The van der Waals surface area contributed by atoms with Crippen LogP contribution < -0.4 is 16.2 Å². The Kier molecular flexibility index (Phi) is 2.78. The first-order chi connectivity index (χ1) is 6.84. The van der Waals surface area contributed by atoms with Crippen LogP contribution in [0.15, 0.2) is 17.2 Å². The van der Waals surface area contributed by atoms with Gasteiger partial charge in [0.2, 0.25) is 0 Å². The second kappa shape index (κ2) is 4.23. The van der Waals surface area contributed by atoms with Crippen molar-refractivity contribution in [2.45, 2.75) is 18.9 Å². The second-order valence-electron chi connectivity index (χ2n) is 3.47. The predicted molar refractivity (Wildman–Crippen MR) is 54.4 cm³/mol. The Balaban J connectivity index is 1.88. The fourth-order valence-corrected chi connectivity index (χ4v) is 1.62. The number of rotatable bonds is 3. The molecule has 1 aliphatic heterocycles. The number of anilines is 1. The number of nitrogens with one attached hydrogen (secondary N) is 3. The molecular weight excluding hydrogens is 180 g/mol. The molecule has 1 unspecified atom stereocenters. The molecule has 76 valence electrons. The van der Waals surface area contributed by atoms with E-state index in [9.17, 15) is 4.79 Å². The van der Waals surface area contributed by atoms with Gasteiger partial charge >= 0.3 is 0 Å². The topological polar surface area (TPSA) is 69.8 Å². The van der Waals surface area contributed by atoms with Crippen molar-refractivity contribution in [1.29, 1.82) is 0 Å². The molecular formula is C9H14N4O. The molecule has 0 aliphatic carbocycles. The molecule has 0 bridgehead atoms. The van der Waals surface area contributed by atoms with Crippen LogP contribution in [0.1, 0.15) is 12.8 Å². The lowest BCUT2D eigenvalue weighted by atomic mass is 10.2. The van der Waals surface area contributed by atoms with Crippen LogP contribution in [-0.4, -0.2) is 29.1 Å². The Morgan fingerprint density at radius 1 is 1.64 bits per heavy atom. The number of aromatic nitrogens is 2. The summed E-state index contributed by atoms with van der Waals surface area (Å²) in [5.74, 6) is 0.641. The molecule has 0 aromatic carbocycles. The predicted octanol–water partition coefficient (Wildman–Crippen LogP) is -0.0662. The molecule has 0 amide bonds. The normalized spacial score (nSPS) is 21.0. The summed E-state index contributed by atoms with van der Waals surface area (Å²) in [4.78, 5) is 17.4. The monoisotopic (exact) mass is 194 g/mol. The third-order valence-corrected chi connectivity index (χ3v) is 2.37. The summed E-state index contributed by atoms with van der Waals surface area (Å²) < 4.78 is 0. The minimum atomic E-state index is -0.123. The molecule has 5 heteroatoms. The Bertz CT molecular complexity index is 343. The average Bonchev–Trinajstić information content (AvgIpc) is 2.67. The zero-order valence-electron chi connectivity index (χ0n) is 7.92. The molecule has 2 rings (SSSR count). The van der Waals surface area contributed by atoms with Gasteiger partial charge in [-0.2, -0.15) is 0 Å². The summed E-state index contributed by atoms with van der Waals surface area (Å²) >= 11 is 0. The van der Waals surface area contributed by atoms with E-state index < -0.39 is 0 Å². The molecule has 2 heterocycles. The molecule has 1 fully saturated rings. The van der Waals surface area contributed by atoms with Crippen molar-refractivity contribution in [3.63, 3.8) is 0 Å². The number of hydrogen-bond acceptors (Lipinski definition) is 4. The van der Waals surface area contributed by atoms with Crippen LogP contribution in [0.25, 0.3) is 0 Å². The molecule has 0 saturated carbocycles. The van der Waals surface area contributed by atoms with E-state index in [1.807, 2.05) is 0 Å². The fraction of sp³-hybridized carbons (Fsp3) is 0.556. The average molecular weight is 194 g/mol. The van der Waals surface area contributed by atoms with Crippen molar-refractivity contribution in [2.24, 2.45) is 0 Å². The zero-order chi connectivity index (χ0) is 9.80. The fourth-order valence-electron chi connectivity index (χ4n) is 1.62. The molecule has 1 atom stereocenters. The maximum absolute atomic E-state index is 10.9. The third kappa shape index (κ3) is 2.32. The minimum Gasteiger partial charge on any atom is -0.368 e. The van der Waals surface area contributed by atoms with Crippen LogP contribution in [-0.2, 0) is 0 Å². The van der Waals surface area contributed by atoms with Gasteiger partial charge in [0.15, 0.2) is 0 Å². The van der Waals surface area contributed by atoms with Crippen molar-refractivity contribution in [1.82, 2.24) is 15.3 Å². The van der Waals surface area contributed by atoms with E-state index in [4.69, 9.17) is 0 Å². The van der Waals surface area contributed by atoms with E-state index in [1.54, 1.807) is 0 Å². The van der Waals surface area contributed by atoms with Crippen molar-refractivity contribution >= 4 is 5.82 Å². The molecule has 0 radical (unpaired) electrons. The second-order valence-corrected chi connectivity index (χ2v) is 3.47.